The molecule has 0 aromatic rings. The molecule has 0 bridgehead atoms. The van der Waals surface area contributed by atoms with Gasteiger partial charge in [0.25, 0.3) is 11.8 Å². The van der Waals surface area contributed by atoms with Gasteiger partial charge in [-0.25, -0.2) is 14.7 Å². The number of carbonyl (C=O) groups is 5. The third-order valence-corrected chi connectivity index (χ3v) is 3.73. The van der Waals surface area contributed by atoms with Crippen molar-refractivity contribution in [2.75, 3.05) is 13.6 Å². The number of rotatable bonds is 7. The molecule has 0 aliphatic carbocycles. The van der Waals surface area contributed by atoms with E-state index < -0.39 is 29.7 Å². The minimum atomic E-state index is -1.04. The molecule has 2 aliphatic rings. The fourth-order valence-electron chi connectivity index (χ4n) is 2.11. The maximum atomic E-state index is 11.7. The average Bonchev–Trinajstić information content (AvgIpc) is 2.84. The highest BCUT2D eigenvalue weighted by Gasteiger charge is 2.32. The average molecular weight is 365 g/mol. The van der Waals surface area contributed by atoms with Gasteiger partial charge in [0.05, 0.1) is 0 Å². The Morgan fingerprint density at radius 3 is 2.35 bits per heavy atom. The first kappa shape index (κ1) is 19.2. The van der Waals surface area contributed by atoms with Gasteiger partial charge in [0.1, 0.15) is 0 Å². The number of hydroxylamine groups is 4. The van der Waals surface area contributed by atoms with Gasteiger partial charge in [-0.2, -0.15) is 0 Å². The minimum absolute atomic E-state index is 0.0328. The number of imide groups is 1. The summed E-state index contributed by atoms with van der Waals surface area (Å²) in [6.07, 6.45) is 3.76. The molecule has 2 rings (SSSR count). The number of hydrogen-bond acceptors (Lipinski definition) is 8. The van der Waals surface area contributed by atoms with E-state index in [1.54, 1.807) is 6.08 Å². The van der Waals surface area contributed by atoms with Crippen LogP contribution < -0.4 is 0 Å². The van der Waals surface area contributed by atoms with Gasteiger partial charge in [0, 0.05) is 44.8 Å². The van der Waals surface area contributed by atoms with Gasteiger partial charge in [-0.15, -0.1) is 5.06 Å². The Balaban J connectivity index is 1.67. The lowest BCUT2D eigenvalue weighted by Crippen LogP contribution is -2.40. The first-order valence-electron chi connectivity index (χ1n) is 7.97. The normalized spacial score (nSPS) is 15.6. The molecule has 0 aromatic carbocycles. The van der Waals surface area contributed by atoms with Gasteiger partial charge in [0.15, 0.2) is 0 Å². The quantitative estimate of drug-likeness (QED) is 0.353. The Hall–Kier alpha value is -3.17. The van der Waals surface area contributed by atoms with Crippen molar-refractivity contribution in [1.82, 2.24) is 15.0 Å². The standard InChI is InChI=1S/C16H19N3O7/c1-11(17(2)26-16(24)15(23)18-9-4-10-18)5-3-6-14(22)25-19-12(20)7-8-13(19)21/h4,9H,1,3,5-8,10H2,2H3. The molecular weight excluding hydrogens is 346 g/mol. The van der Waals surface area contributed by atoms with E-state index in [1.807, 2.05) is 0 Å². The van der Waals surface area contributed by atoms with E-state index in [0.717, 1.165) is 5.06 Å². The van der Waals surface area contributed by atoms with Gasteiger partial charge in [-0.1, -0.05) is 6.58 Å². The van der Waals surface area contributed by atoms with Crippen molar-refractivity contribution in [3.8, 4) is 0 Å². The molecule has 10 nitrogen and oxygen atoms in total. The zero-order chi connectivity index (χ0) is 19.3. The Morgan fingerprint density at radius 1 is 1.19 bits per heavy atom. The van der Waals surface area contributed by atoms with Gasteiger partial charge in [0.2, 0.25) is 0 Å². The summed E-state index contributed by atoms with van der Waals surface area (Å²) in [5, 5.41) is 1.55. The minimum Gasteiger partial charge on any atom is -0.332 e. The largest absolute Gasteiger partial charge is 0.421 e. The molecule has 26 heavy (non-hydrogen) atoms. The van der Waals surface area contributed by atoms with Crippen LogP contribution in [0, 0.1) is 0 Å². The lowest BCUT2D eigenvalue weighted by molar-refractivity contribution is -0.197. The Labute approximate surface area is 149 Å². The maximum absolute atomic E-state index is 11.7. The molecule has 0 saturated carbocycles. The lowest BCUT2D eigenvalue weighted by atomic mass is 10.2. The van der Waals surface area contributed by atoms with Gasteiger partial charge in [-0.3, -0.25) is 14.4 Å². The van der Waals surface area contributed by atoms with E-state index >= 15 is 0 Å². The summed E-state index contributed by atoms with van der Waals surface area (Å²) in [6.45, 7) is 4.07. The number of nitrogens with zero attached hydrogens (tertiary/aromatic N) is 3. The Kier molecular flexibility index (Phi) is 6.10. The van der Waals surface area contributed by atoms with Crippen LogP contribution in [0.2, 0.25) is 0 Å². The smallest absolute Gasteiger partial charge is 0.332 e. The van der Waals surface area contributed by atoms with E-state index in [2.05, 4.69) is 6.58 Å². The van der Waals surface area contributed by atoms with Gasteiger partial charge in [-0.05, 0) is 18.9 Å². The second kappa shape index (κ2) is 8.28. The summed E-state index contributed by atoms with van der Waals surface area (Å²) in [4.78, 5) is 68.5. The first-order valence-corrected chi connectivity index (χ1v) is 7.97. The molecule has 10 heteroatoms. The predicted octanol–water partition coefficient (Wildman–Crippen LogP) is 0.0235. The van der Waals surface area contributed by atoms with Crippen LogP contribution in [-0.4, -0.2) is 58.3 Å². The SMILES string of the molecule is C=C(CCCC(=O)ON1C(=O)CCC1=O)N(C)OC(=O)C(=O)N1C=CC1. The van der Waals surface area contributed by atoms with Gasteiger partial charge < -0.3 is 14.6 Å². The van der Waals surface area contributed by atoms with Crippen LogP contribution in [0.5, 0.6) is 0 Å². The van der Waals surface area contributed by atoms with E-state index in [-0.39, 0.29) is 25.7 Å². The van der Waals surface area contributed by atoms with Crippen LogP contribution in [0.15, 0.2) is 24.6 Å². The number of hydrogen-bond donors (Lipinski definition) is 0. The molecular formula is C16H19N3O7. The topological polar surface area (TPSA) is 114 Å². The monoisotopic (exact) mass is 365 g/mol. The number of amides is 3. The summed E-state index contributed by atoms with van der Waals surface area (Å²) >= 11 is 0. The molecule has 2 aliphatic heterocycles. The van der Waals surface area contributed by atoms with Crippen LogP contribution >= 0.6 is 0 Å². The lowest BCUT2D eigenvalue weighted by Gasteiger charge is -2.24. The molecule has 0 N–H and O–H groups in total. The molecule has 0 radical (unpaired) electrons. The summed E-state index contributed by atoms with van der Waals surface area (Å²) in [7, 11) is 1.42. The third-order valence-electron chi connectivity index (χ3n) is 3.73. The molecule has 1 fully saturated rings. The second-order valence-electron chi connectivity index (χ2n) is 5.68. The summed E-state index contributed by atoms with van der Waals surface area (Å²) in [5.74, 6) is -3.62. The van der Waals surface area contributed by atoms with Crippen molar-refractivity contribution >= 4 is 29.7 Å². The molecule has 2 heterocycles. The molecule has 1 saturated heterocycles. The third kappa shape index (κ3) is 4.68. The molecule has 0 spiro atoms. The van der Waals surface area contributed by atoms with Crippen molar-refractivity contribution in [3.63, 3.8) is 0 Å². The number of carbonyl (C=O) groups excluding carboxylic acids is 5. The summed E-state index contributed by atoms with van der Waals surface area (Å²) < 4.78 is 0. The van der Waals surface area contributed by atoms with Crippen LogP contribution in [0.25, 0.3) is 0 Å². The highest BCUT2D eigenvalue weighted by Crippen LogP contribution is 2.15. The number of allylic oxidation sites excluding steroid dienone is 1. The van der Waals surface area contributed by atoms with Crippen LogP contribution in [-0.2, 0) is 33.6 Å². The summed E-state index contributed by atoms with van der Waals surface area (Å²) in [5.41, 5.74) is 0.367. The summed E-state index contributed by atoms with van der Waals surface area (Å²) in [6, 6.07) is 0. The van der Waals surface area contributed by atoms with Crippen molar-refractivity contribution in [2.45, 2.75) is 32.1 Å². The zero-order valence-electron chi connectivity index (χ0n) is 14.3. The Morgan fingerprint density at radius 2 is 1.81 bits per heavy atom. The van der Waals surface area contributed by atoms with Gasteiger partial charge >= 0.3 is 17.8 Å². The van der Waals surface area contributed by atoms with Crippen LogP contribution in [0.1, 0.15) is 32.1 Å². The van der Waals surface area contributed by atoms with E-state index in [0.29, 0.717) is 23.7 Å². The molecule has 3 amide bonds. The first-order chi connectivity index (χ1) is 12.3. The van der Waals surface area contributed by atoms with Crippen molar-refractivity contribution in [3.05, 3.63) is 24.6 Å². The molecule has 0 aromatic heterocycles. The van der Waals surface area contributed by atoms with Crippen molar-refractivity contribution in [1.29, 1.82) is 0 Å². The highest BCUT2D eigenvalue weighted by atomic mass is 16.7. The fraction of sp³-hybridized carbons (Fsp3) is 0.438. The van der Waals surface area contributed by atoms with E-state index in [1.165, 1.54) is 18.1 Å². The van der Waals surface area contributed by atoms with Crippen molar-refractivity contribution in [2.24, 2.45) is 0 Å². The highest BCUT2D eigenvalue weighted by molar-refractivity contribution is 6.32. The zero-order valence-corrected chi connectivity index (χ0v) is 14.3. The molecule has 0 atom stereocenters. The maximum Gasteiger partial charge on any atom is 0.421 e. The molecule has 140 valence electrons. The van der Waals surface area contributed by atoms with Crippen LogP contribution in [0.4, 0.5) is 0 Å². The second-order valence-corrected chi connectivity index (χ2v) is 5.68. The molecule has 0 unspecified atom stereocenters. The van der Waals surface area contributed by atoms with E-state index in [9.17, 15) is 24.0 Å². The Bertz CT molecular complexity index is 669. The predicted molar refractivity (Wildman–Crippen MR) is 84.9 cm³/mol. The van der Waals surface area contributed by atoms with Crippen LogP contribution in [0.3, 0.4) is 0 Å². The van der Waals surface area contributed by atoms with Crippen molar-refractivity contribution < 1.29 is 33.6 Å². The fourth-order valence-corrected chi connectivity index (χ4v) is 2.11. The van der Waals surface area contributed by atoms with E-state index in [4.69, 9.17) is 9.68 Å².